The summed E-state index contributed by atoms with van der Waals surface area (Å²) in [4.78, 5) is 0. The molecule has 3 aromatic rings. The lowest BCUT2D eigenvalue weighted by molar-refractivity contribution is -0.693. The summed E-state index contributed by atoms with van der Waals surface area (Å²) in [7, 11) is 4.87. The molecule has 3 nitrogen and oxygen atoms in total. The molecule has 2 aromatic carbocycles. The average molecular weight is 585 g/mol. The van der Waals surface area contributed by atoms with Crippen molar-refractivity contribution >= 4 is 11.4 Å². The van der Waals surface area contributed by atoms with Gasteiger partial charge in [0.2, 0.25) is 0 Å². The van der Waals surface area contributed by atoms with Crippen LogP contribution in [0.25, 0.3) is 0 Å². The number of quaternary nitrogens is 2. The van der Waals surface area contributed by atoms with E-state index in [-0.39, 0.29) is 7.43 Å². The van der Waals surface area contributed by atoms with E-state index in [1.807, 2.05) is 18.2 Å². The van der Waals surface area contributed by atoms with E-state index in [4.69, 9.17) is 0 Å². The Bertz CT molecular complexity index is 1340. The number of aromatic nitrogens is 1. The number of hydrogen-bond acceptors (Lipinski definition) is 0. The highest BCUT2D eigenvalue weighted by atomic mass is 15.4. The maximum absolute atomic E-state index is 2.45. The van der Waals surface area contributed by atoms with E-state index in [9.17, 15) is 0 Å². The van der Waals surface area contributed by atoms with Gasteiger partial charge in [0.1, 0.15) is 17.9 Å². The van der Waals surface area contributed by atoms with Gasteiger partial charge in [-0.05, 0) is 45.7 Å². The molecule has 1 aromatic heterocycles. The van der Waals surface area contributed by atoms with Gasteiger partial charge in [-0.15, -0.1) is 0 Å². The highest BCUT2D eigenvalue weighted by molar-refractivity contribution is 5.66. The molecule has 0 aliphatic carbocycles. The fourth-order valence-electron chi connectivity index (χ4n) is 8.28. The quantitative estimate of drug-likeness (QED) is 0.199. The molecule has 4 aliphatic rings. The molecular weight excluding hydrogens is 522 g/mol. The van der Waals surface area contributed by atoms with Gasteiger partial charge in [-0.2, -0.15) is 0 Å². The lowest BCUT2D eigenvalue weighted by atomic mass is 9.68. The summed E-state index contributed by atoms with van der Waals surface area (Å²) in [5.41, 5.74) is 13.4. The summed E-state index contributed by atoms with van der Waals surface area (Å²) in [6, 6.07) is 15.8. The summed E-state index contributed by atoms with van der Waals surface area (Å²) >= 11 is 0. The van der Waals surface area contributed by atoms with E-state index < -0.39 is 0 Å². The van der Waals surface area contributed by atoms with Crippen LogP contribution in [0, 0.1) is 13.8 Å². The second-order valence-corrected chi connectivity index (χ2v) is 15.5. The standard InChI is InChI=1S/C18H28N.C14H20N.C7H10N.CH4/c1-13-11-14-16-15(12-13)18(4,5)8-10-19(16,6)9-7-17(14,2)3;1-11-9-12-5-3-7-15(2)8-4-6-13(10-11)14(12)15;1-2-8-6-4-3-5-7-8;/h11-12H,7-10H2,1-6H3;9-10H,3-8H2,1-2H3;3-7H,2H2,1H3;1H4/q3*+1;. The van der Waals surface area contributed by atoms with Crippen LogP contribution < -0.4 is 13.5 Å². The third kappa shape index (κ3) is 6.64. The molecule has 0 amide bonds. The molecule has 43 heavy (non-hydrogen) atoms. The van der Waals surface area contributed by atoms with E-state index in [2.05, 4.69) is 104 Å². The van der Waals surface area contributed by atoms with Crippen LogP contribution in [-0.4, -0.2) is 40.3 Å². The van der Waals surface area contributed by atoms with Crippen LogP contribution >= 0.6 is 0 Å². The average Bonchev–Trinajstić information content (AvgIpc) is 2.94. The second kappa shape index (κ2) is 12.5. The Hall–Kier alpha value is -2.49. The molecule has 234 valence electrons. The predicted molar refractivity (Wildman–Crippen MR) is 188 cm³/mol. The molecule has 0 fully saturated rings. The fraction of sp³-hybridized carbons (Fsp3) is 0.575. The van der Waals surface area contributed by atoms with E-state index in [1.165, 1.54) is 80.3 Å². The Morgan fingerprint density at radius 3 is 1.53 bits per heavy atom. The van der Waals surface area contributed by atoms with E-state index in [0.29, 0.717) is 10.8 Å². The van der Waals surface area contributed by atoms with Crippen LogP contribution in [0.5, 0.6) is 0 Å². The number of rotatable bonds is 1. The molecule has 4 aliphatic heterocycles. The number of hydrogen-bond donors (Lipinski definition) is 0. The highest BCUT2D eigenvalue weighted by Gasteiger charge is 2.48. The Balaban J connectivity index is 0.000000157. The third-order valence-corrected chi connectivity index (χ3v) is 11.0. The zero-order chi connectivity index (χ0) is 30.3. The smallest absolute Gasteiger partial charge is 0.168 e. The molecule has 0 atom stereocenters. The molecule has 0 radical (unpaired) electrons. The van der Waals surface area contributed by atoms with Crippen molar-refractivity contribution in [3.05, 3.63) is 88.2 Å². The Labute approximate surface area is 264 Å². The first-order chi connectivity index (χ1) is 19.8. The van der Waals surface area contributed by atoms with Crippen LogP contribution in [0.1, 0.15) is 101 Å². The molecule has 0 bridgehead atoms. The van der Waals surface area contributed by atoms with Crippen molar-refractivity contribution in [3.8, 4) is 0 Å². The first-order valence-electron chi connectivity index (χ1n) is 16.7. The Morgan fingerprint density at radius 1 is 0.651 bits per heavy atom. The van der Waals surface area contributed by atoms with Gasteiger partial charge in [0, 0.05) is 70.9 Å². The van der Waals surface area contributed by atoms with Crippen molar-refractivity contribution in [3.63, 3.8) is 0 Å². The van der Waals surface area contributed by atoms with Crippen molar-refractivity contribution < 1.29 is 4.57 Å². The highest BCUT2D eigenvalue weighted by Crippen LogP contribution is 2.52. The van der Waals surface area contributed by atoms with E-state index in [0.717, 1.165) is 11.0 Å². The van der Waals surface area contributed by atoms with E-state index >= 15 is 0 Å². The van der Waals surface area contributed by atoms with Crippen LogP contribution in [0.15, 0.2) is 54.9 Å². The van der Waals surface area contributed by atoms with Crippen LogP contribution in [-0.2, 0) is 30.2 Å². The summed E-state index contributed by atoms with van der Waals surface area (Å²) in [5, 5.41) is 0. The zero-order valence-corrected chi connectivity index (χ0v) is 28.3. The first-order valence-corrected chi connectivity index (χ1v) is 16.7. The lowest BCUT2D eigenvalue weighted by Gasteiger charge is -2.51. The predicted octanol–water partition coefficient (Wildman–Crippen LogP) is 8.75. The first kappa shape index (κ1) is 33.4. The summed E-state index contributed by atoms with van der Waals surface area (Å²) in [5.74, 6) is 0. The van der Waals surface area contributed by atoms with Crippen LogP contribution in [0.3, 0.4) is 0 Å². The Kier molecular flexibility index (Phi) is 9.70. The Morgan fingerprint density at radius 2 is 1.09 bits per heavy atom. The maximum Gasteiger partial charge on any atom is 0.168 e. The molecule has 0 N–H and O–H groups in total. The molecule has 5 heterocycles. The number of pyridine rings is 1. The van der Waals surface area contributed by atoms with Gasteiger partial charge in [-0.25, -0.2) is 4.57 Å². The van der Waals surface area contributed by atoms with Crippen molar-refractivity contribution in [1.82, 2.24) is 8.97 Å². The van der Waals surface area contributed by atoms with Gasteiger partial charge in [-0.1, -0.05) is 64.4 Å². The van der Waals surface area contributed by atoms with Gasteiger partial charge >= 0.3 is 0 Å². The van der Waals surface area contributed by atoms with Gasteiger partial charge in [-0.3, -0.25) is 8.97 Å². The van der Waals surface area contributed by atoms with Gasteiger partial charge in [0.15, 0.2) is 12.4 Å². The fourth-order valence-corrected chi connectivity index (χ4v) is 8.28. The SMILES string of the molecule is C.CC[n+]1ccccc1.Cc1cc2c3c(c1)C(C)(C)CC[N+]3(C)CCC2(C)C.Cc1cc2c3c(c1)CCC[N+]3(C)CCC2. The normalized spacial score (nSPS) is 20.9. The molecule has 0 unspecified atom stereocenters. The molecule has 0 saturated heterocycles. The summed E-state index contributed by atoms with van der Waals surface area (Å²) < 4.78 is 4.50. The van der Waals surface area contributed by atoms with Crippen LogP contribution in [0.4, 0.5) is 11.4 Å². The minimum absolute atomic E-state index is 0. The summed E-state index contributed by atoms with van der Waals surface area (Å²) in [6.07, 6.45) is 12.1. The number of benzene rings is 2. The third-order valence-electron chi connectivity index (χ3n) is 11.0. The van der Waals surface area contributed by atoms with Gasteiger partial charge in [0.25, 0.3) is 0 Å². The molecule has 3 heteroatoms. The molecular formula is C40H62N3+3. The topological polar surface area (TPSA) is 3.88 Å². The van der Waals surface area contributed by atoms with Gasteiger partial charge < -0.3 is 0 Å². The largest absolute Gasteiger partial charge is 0.293 e. The molecule has 0 saturated carbocycles. The molecule has 7 rings (SSSR count). The number of aryl methyl sites for hydroxylation is 5. The minimum atomic E-state index is 0. The van der Waals surface area contributed by atoms with E-state index in [1.54, 1.807) is 33.6 Å². The monoisotopic (exact) mass is 584 g/mol. The minimum Gasteiger partial charge on any atom is -0.293 e. The summed E-state index contributed by atoms with van der Waals surface area (Å²) in [6.45, 7) is 22.7. The molecule has 0 spiro atoms. The van der Waals surface area contributed by atoms with Crippen molar-refractivity contribution in [2.24, 2.45) is 0 Å². The van der Waals surface area contributed by atoms with Crippen molar-refractivity contribution in [1.29, 1.82) is 0 Å². The van der Waals surface area contributed by atoms with Crippen LogP contribution in [0.2, 0.25) is 0 Å². The van der Waals surface area contributed by atoms with Gasteiger partial charge in [0.05, 0.1) is 40.3 Å². The second-order valence-electron chi connectivity index (χ2n) is 15.5. The number of nitrogens with zero attached hydrogens (tertiary/aromatic N) is 3. The maximum atomic E-state index is 2.45. The van der Waals surface area contributed by atoms with Crippen molar-refractivity contribution in [2.45, 2.75) is 112 Å². The zero-order valence-electron chi connectivity index (χ0n) is 28.3. The van der Waals surface area contributed by atoms with Crippen molar-refractivity contribution in [2.75, 3.05) is 40.3 Å². The lowest BCUT2D eigenvalue weighted by Crippen LogP contribution is -2.57.